The first-order valence-corrected chi connectivity index (χ1v) is 7.83. The van der Waals surface area contributed by atoms with Crippen LogP contribution in [0.2, 0.25) is 0 Å². The summed E-state index contributed by atoms with van der Waals surface area (Å²) < 4.78 is 0. The van der Waals surface area contributed by atoms with Gasteiger partial charge in [0.15, 0.2) is 0 Å². The van der Waals surface area contributed by atoms with E-state index in [0.717, 1.165) is 38.3 Å². The minimum absolute atomic E-state index is 0.193. The van der Waals surface area contributed by atoms with E-state index in [1.54, 1.807) is 18.2 Å². The summed E-state index contributed by atoms with van der Waals surface area (Å²) in [6.07, 6.45) is 5.12. The van der Waals surface area contributed by atoms with Crippen molar-refractivity contribution < 1.29 is 4.92 Å². The minimum Gasteiger partial charge on any atom is -0.316 e. The summed E-state index contributed by atoms with van der Waals surface area (Å²) in [5.74, 6) is 0. The Morgan fingerprint density at radius 3 is 2.95 bits per heavy atom. The Bertz CT molecular complexity index is 506. The second-order valence-corrected chi connectivity index (χ2v) is 6.52. The van der Waals surface area contributed by atoms with Gasteiger partial charge in [0, 0.05) is 31.8 Å². The molecule has 0 amide bonds. The topological polar surface area (TPSA) is 58.4 Å². The Hall–Kier alpha value is -1.46. The average Bonchev–Trinajstić information content (AvgIpc) is 2.48. The normalized spacial score (nSPS) is 26.9. The third-order valence-corrected chi connectivity index (χ3v) is 4.83. The minimum atomic E-state index is -0.313. The standard InChI is InChI=1S/C16H23N3O2/c20-19(21)15-5-1-4-14(10-15)11-18-9-3-7-16(13-18)6-2-8-17-12-16/h1,4-5,10,17H,2-3,6-9,11-13H2. The largest absolute Gasteiger partial charge is 0.316 e. The van der Waals surface area contributed by atoms with Crippen LogP contribution in [0.5, 0.6) is 0 Å². The third kappa shape index (κ3) is 3.41. The molecule has 1 unspecified atom stereocenters. The van der Waals surface area contributed by atoms with E-state index < -0.39 is 0 Å². The highest BCUT2D eigenvalue weighted by Crippen LogP contribution is 2.36. The van der Waals surface area contributed by atoms with Gasteiger partial charge in [0.25, 0.3) is 5.69 Å². The van der Waals surface area contributed by atoms with E-state index in [2.05, 4.69) is 10.2 Å². The molecule has 0 radical (unpaired) electrons. The molecule has 0 saturated carbocycles. The molecule has 1 N–H and O–H groups in total. The summed E-state index contributed by atoms with van der Waals surface area (Å²) >= 11 is 0. The Balaban J connectivity index is 1.67. The first-order chi connectivity index (χ1) is 10.2. The number of hydrogen-bond donors (Lipinski definition) is 1. The van der Waals surface area contributed by atoms with Crippen LogP contribution in [-0.4, -0.2) is 36.0 Å². The molecular formula is C16H23N3O2. The molecule has 1 spiro atoms. The number of nitro benzene ring substituents is 1. The van der Waals surface area contributed by atoms with E-state index >= 15 is 0 Å². The van der Waals surface area contributed by atoms with Crippen molar-refractivity contribution in [2.45, 2.75) is 32.2 Å². The number of nitrogens with one attached hydrogen (secondary N) is 1. The molecule has 3 rings (SSSR count). The SMILES string of the molecule is O=[N+]([O-])c1cccc(CN2CCCC3(CCCNC3)C2)c1. The molecule has 114 valence electrons. The molecule has 2 aliphatic rings. The summed E-state index contributed by atoms with van der Waals surface area (Å²) in [4.78, 5) is 13.0. The predicted molar refractivity (Wildman–Crippen MR) is 82.1 cm³/mol. The van der Waals surface area contributed by atoms with Crippen molar-refractivity contribution in [3.8, 4) is 0 Å². The lowest BCUT2D eigenvalue weighted by molar-refractivity contribution is -0.384. The van der Waals surface area contributed by atoms with Gasteiger partial charge in [-0.25, -0.2) is 0 Å². The quantitative estimate of drug-likeness (QED) is 0.686. The van der Waals surface area contributed by atoms with Crippen molar-refractivity contribution in [2.24, 2.45) is 5.41 Å². The molecule has 21 heavy (non-hydrogen) atoms. The first-order valence-electron chi connectivity index (χ1n) is 7.83. The van der Waals surface area contributed by atoms with Gasteiger partial charge >= 0.3 is 0 Å². The predicted octanol–water partition coefficient (Wildman–Crippen LogP) is 2.56. The van der Waals surface area contributed by atoms with Gasteiger partial charge in [0.1, 0.15) is 0 Å². The highest BCUT2D eigenvalue weighted by Gasteiger charge is 2.36. The fourth-order valence-corrected chi connectivity index (χ4v) is 3.85. The zero-order valence-corrected chi connectivity index (χ0v) is 12.4. The molecule has 1 atom stereocenters. The van der Waals surface area contributed by atoms with Gasteiger partial charge in [0.2, 0.25) is 0 Å². The fourth-order valence-electron chi connectivity index (χ4n) is 3.85. The molecule has 2 heterocycles. The van der Waals surface area contributed by atoms with Crippen LogP contribution >= 0.6 is 0 Å². The number of rotatable bonds is 3. The zero-order chi connectivity index (χ0) is 14.7. The van der Waals surface area contributed by atoms with Crippen molar-refractivity contribution >= 4 is 5.69 Å². The van der Waals surface area contributed by atoms with Crippen molar-refractivity contribution in [3.05, 3.63) is 39.9 Å². The molecule has 2 fully saturated rings. The Morgan fingerprint density at radius 2 is 2.19 bits per heavy atom. The van der Waals surface area contributed by atoms with E-state index in [-0.39, 0.29) is 10.6 Å². The monoisotopic (exact) mass is 289 g/mol. The molecule has 5 heteroatoms. The Morgan fingerprint density at radius 1 is 1.33 bits per heavy atom. The van der Waals surface area contributed by atoms with E-state index in [9.17, 15) is 10.1 Å². The number of benzene rings is 1. The summed E-state index contributed by atoms with van der Waals surface area (Å²) in [5.41, 5.74) is 1.67. The van der Waals surface area contributed by atoms with Gasteiger partial charge in [-0.1, -0.05) is 12.1 Å². The highest BCUT2D eigenvalue weighted by molar-refractivity contribution is 5.34. The van der Waals surface area contributed by atoms with E-state index in [1.807, 2.05) is 6.07 Å². The highest BCUT2D eigenvalue weighted by atomic mass is 16.6. The number of hydrogen-bond acceptors (Lipinski definition) is 4. The van der Waals surface area contributed by atoms with Crippen LogP contribution in [0, 0.1) is 15.5 Å². The number of non-ortho nitro benzene ring substituents is 1. The van der Waals surface area contributed by atoms with Crippen molar-refractivity contribution in [2.75, 3.05) is 26.2 Å². The lowest BCUT2D eigenvalue weighted by Crippen LogP contribution is -2.50. The fraction of sp³-hybridized carbons (Fsp3) is 0.625. The Labute approximate surface area is 125 Å². The summed E-state index contributed by atoms with van der Waals surface area (Å²) in [6.45, 7) is 5.31. The van der Waals surface area contributed by atoms with Crippen molar-refractivity contribution in [3.63, 3.8) is 0 Å². The molecule has 0 aromatic heterocycles. The van der Waals surface area contributed by atoms with Gasteiger partial charge in [-0.2, -0.15) is 0 Å². The van der Waals surface area contributed by atoms with Crippen LogP contribution in [0.25, 0.3) is 0 Å². The average molecular weight is 289 g/mol. The van der Waals surface area contributed by atoms with Gasteiger partial charge < -0.3 is 5.32 Å². The molecule has 2 aliphatic heterocycles. The van der Waals surface area contributed by atoms with E-state index in [1.165, 1.54) is 25.7 Å². The lowest BCUT2D eigenvalue weighted by Gasteiger charge is -2.45. The lowest BCUT2D eigenvalue weighted by atomic mass is 9.74. The van der Waals surface area contributed by atoms with Crippen LogP contribution < -0.4 is 5.32 Å². The molecule has 0 bridgehead atoms. The summed E-state index contributed by atoms with van der Waals surface area (Å²) in [7, 11) is 0. The van der Waals surface area contributed by atoms with Crippen LogP contribution in [-0.2, 0) is 6.54 Å². The molecule has 0 aliphatic carbocycles. The number of nitro groups is 1. The van der Waals surface area contributed by atoms with E-state index in [4.69, 9.17) is 0 Å². The maximum absolute atomic E-state index is 10.9. The smallest absolute Gasteiger partial charge is 0.269 e. The molecule has 2 saturated heterocycles. The van der Waals surface area contributed by atoms with Gasteiger partial charge in [-0.3, -0.25) is 15.0 Å². The van der Waals surface area contributed by atoms with Crippen molar-refractivity contribution in [1.82, 2.24) is 10.2 Å². The van der Waals surface area contributed by atoms with Gasteiger partial charge in [0.05, 0.1) is 4.92 Å². The maximum atomic E-state index is 10.9. The van der Waals surface area contributed by atoms with Crippen LogP contribution in [0.4, 0.5) is 5.69 Å². The van der Waals surface area contributed by atoms with Crippen LogP contribution in [0.3, 0.4) is 0 Å². The van der Waals surface area contributed by atoms with E-state index in [0.29, 0.717) is 5.41 Å². The molecular weight excluding hydrogens is 266 g/mol. The molecule has 1 aromatic rings. The first kappa shape index (κ1) is 14.5. The molecule has 1 aromatic carbocycles. The number of piperidine rings is 2. The maximum Gasteiger partial charge on any atom is 0.269 e. The number of nitrogens with zero attached hydrogens (tertiary/aromatic N) is 2. The second kappa shape index (κ2) is 6.12. The second-order valence-electron chi connectivity index (χ2n) is 6.52. The van der Waals surface area contributed by atoms with Crippen LogP contribution in [0.15, 0.2) is 24.3 Å². The Kier molecular flexibility index (Phi) is 4.22. The van der Waals surface area contributed by atoms with Crippen LogP contribution in [0.1, 0.15) is 31.2 Å². The molecule has 5 nitrogen and oxygen atoms in total. The zero-order valence-electron chi connectivity index (χ0n) is 12.4. The third-order valence-electron chi connectivity index (χ3n) is 4.83. The van der Waals surface area contributed by atoms with Gasteiger partial charge in [-0.15, -0.1) is 0 Å². The van der Waals surface area contributed by atoms with Gasteiger partial charge in [-0.05, 0) is 49.8 Å². The summed E-state index contributed by atoms with van der Waals surface area (Å²) in [6, 6.07) is 7.05. The number of likely N-dealkylation sites (tertiary alicyclic amines) is 1. The summed E-state index contributed by atoms with van der Waals surface area (Å²) in [5, 5.41) is 14.4. The van der Waals surface area contributed by atoms with Crippen molar-refractivity contribution in [1.29, 1.82) is 0 Å².